The maximum Gasteiger partial charge on any atom is 0.114 e. The van der Waals surface area contributed by atoms with Gasteiger partial charge in [-0.25, -0.2) is 9.97 Å². The monoisotopic (exact) mass is 277 g/mol. The molecule has 4 aromatic rings. The number of para-hydroxylation sites is 2. The van der Waals surface area contributed by atoms with Crippen LogP contribution in [0.3, 0.4) is 0 Å². The molecule has 0 unspecified atom stereocenters. The SMILES string of the molecule is Cc1ccc2[nH]c(Cc3nc4ccccc4[nH]3)nc2c1N. The molecular formula is C16H15N5. The molecule has 5 heteroatoms. The van der Waals surface area contributed by atoms with Gasteiger partial charge >= 0.3 is 0 Å². The van der Waals surface area contributed by atoms with Crippen molar-refractivity contribution in [1.29, 1.82) is 0 Å². The van der Waals surface area contributed by atoms with Gasteiger partial charge in [-0.2, -0.15) is 0 Å². The number of aryl methyl sites for hydroxylation is 1. The number of fused-ring (bicyclic) bond motifs is 2. The molecule has 0 spiro atoms. The van der Waals surface area contributed by atoms with Crippen LogP contribution in [0.4, 0.5) is 5.69 Å². The van der Waals surface area contributed by atoms with Crippen LogP contribution in [0.15, 0.2) is 36.4 Å². The Labute approximate surface area is 121 Å². The summed E-state index contributed by atoms with van der Waals surface area (Å²) in [6.45, 7) is 1.99. The van der Waals surface area contributed by atoms with Crippen LogP contribution in [0.25, 0.3) is 22.1 Å². The number of nitrogen functional groups attached to an aromatic ring is 1. The van der Waals surface area contributed by atoms with Crippen molar-refractivity contribution in [2.24, 2.45) is 0 Å². The van der Waals surface area contributed by atoms with Gasteiger partial charge in [-0.1, -0.05) is 18.2 Å². The minimum absolute atomic E-state index is 0.627. The lowest BCUT2D eigenvalue weighted by molar-refractivity contribution is 0.960. The zero-order valence-corrected chi connectivity index (χ0v) is 11.6. The predicted molar refractivity (Wildman–Crippen MR) is 84.1 cm³/mol. The summed E-state index contributed by atoms with van der Waals surface area (Å²) in [6, 6.07) is 12.0. The topological polar surface area (TPSA) is 83.4 Å². The summed E-state index contributed by atoms with van der Waals surface area (Å²) in [5.74, 6) is 1.76. The second-order valence-corrected chi connectivity index (χ2v) is 5.25. The minimum Gasteiger partial charge on any atom is -0.397 e. The summed E-state index contributed by atoms with van der Waals surface area (Å²) < 4.78 is 0. The van der Waals surface area contributed by atoms with E-state index in [1.807, 2.05) is 43.3 Å². The number of hydrogen-bond donors (Lipinski definition) is 3. The number of aromatic amines is 2. The summed E-state index contributed by atoms with van der Waals surface area (Å²) in [7, 11) is 0. The van der Waals surface area contributed by atoms with Gasteiger partial charge in [0.2, 0.25) is 0 Å². The molecule has 5 nitrogen and oxygen atoms in total. The smallest absolute Gasteiger partial charge is 0.114 e. The molecule has 4 rings (SSSR count). The Hall–Kier alpha value is -2.82. The molecule has 0 aliphatic heterocycles. The molecule has 0 radical (unpaired) electrons. The third-order valence-corrected chi connectivity index (χ3v) is 3.73. The van der Waals surface area contributed by atoms with E-state index in [0.29, 0.717) is 6.42 Å². The van der Waals surface area contributed by atoms with Crippen molar-refractivity contribution in [1.82, 2.24) is 19.9 Å². The first-order valence-electron chi connectivity index (χ1n) is 6.88. The standard InChI is InChI=1S/C16H15N5/c1-9-6-7-12-16(15(9)17)21-14(20-12)8-13-18-10-4-2-3-5-11(10)19-13/h2-7H,8,17H2,1H3,(H,18,19)(H,20,21). The molecule has 2 aromatic carbocycles. The molecular weight excluding hydrogens is 262 g/mol. The number of nitrogens with one attached hydrogen (secondary N) is 2. The van der Waals surface area contributed by atoms with E-state index >= 15 is 0 Å². The average molecular weight is 277 g/mol. The van der Waals surface area contributed by atoms with Gasteiger partial charge in [-0.05, 0) is 30.7 Å². The van der Waals surface area contributed by atoms with E-state index in [-0.39, 0.29) is 0 Å². The van der Waals surface area contributed by atoms with Crippen molar-refractivity contribution in [3.63, 3.8) is 0 Å². The molecule has 0 saturated heterocycles. The largest absolute Gasteiger partial charge is 0.397 e. The van der Waals surface area contributed by atoms with Crippen LogP contribution < -0.4 is 5.73 Å². The lowest BCUT2D eigenvalue weighted by Crippen LogP contribution is -1.93. The van der Waals surface area contributed by atoms with Crippen molar-refractivity contribution in [2.75, 3.05) is 5.73 Å². The second-order valence-electron chi connectivity index (χ2n) is 5.25. The van der Waals surface area contributed by atoms with Crippen LogP contribution in [0.5, 0.6) is 0 Å². The molecule has 4 N–H and O–H groups in total. The summed E-state index contributed by atoms with van der Waals surface area (Å²) >= 11 is 0. The van der Waals surface area contributed by atoms with Crippen LogP contribution in [0, 0.1) is 6.92 Å². The predicted octanol–water partition coefficient (Wildman–Crippen LogP) is 2.92. The quantitative estimate of drug-likeness (QED) is 0.493. The second kappa shape index (κ2) is 4.34. The van der Waals surface area contributed by atoms with Crippen molar-refractivity contribution in [2.45, 2.75) is 13.3 Å². The van der Waals surface area contributed by atoms with Crippen LogP contribution in [0.2, 0.25) is 0 Å². The van der Waals surface area contributed by atoms with E-state index in [9.17, 15) is 0 Å². The Morgan fingerprint density at radius 3 is 2.57 bits per heavy atom. The number of H-pyrrole nitrogens is 2. The van der Waals surface area contributed by atoms with Crippen LogP contribution in [0.1, 0.15) is 17.2 Å². The maximum absolute atomic E-state index is 6.08. The molecule has 0 amide bonds. The van der Waals surface area contributed by atoms with Crippen LogP contribution in [-0.2, 0) is 6.42 Å². The highest BCUT2D eigenvalue weighted by molar-refractivity contribution is 5.88. The lowest BCUT2D eigenvalue weighted by Gasteiger charge is -1.98. The Kier molecular flexibility index (Phi) is 2.47. The van der Waals surface area contributed by atoms with Crippen LogP contribution >= 0.6 is 0 Å². The van der Waals surface area contributed by atoms with Gasteiger partial charge in [0.15, 0.2) is 0 Å². The summed E-state index contributed by atoms with van der Waals surface area (Å²) in [4.78, 5) is 15.8. The van der Waals surface area contributed by atoms with Crippen molar-refractivity contribution in [3.8, 4) is 0 Å². The third kappa shape index (κ3) is 1.94. The molecule has 2 heterocycles. The Morgan fingerprint density at radius 2 is 1.71 bits per heavy atom. The normalized spacial score (nSPS) is 11.5. The number of nitrogens with two attached hydrogens (primary N) is 1. The average Bonchev–Trinajstić information content (AvgIpc) is 3.06. The maximum atomic E-state index is 6.08. The van der Waals surface area contributed by atoms with Gasteiger partial charge in [-0.3, -0.25) is 0 Å². The Balaban J connectivity index is 1.75. The van der Waals surface area contributed by atoms with Gasteiger partial charge in [-0.15, -0.1) is 0 Å². The van der Waals surface area contributed by atoms with E-state index in [4.69, 9.17) is 5.73 Å². The first-order valence-corrected chi connectivity index (χ1v) is 6.88. The summed E-state index contributed by atoms with van der Waals surface area (Å²) in [5, 5.41) is 0. The van der Waals surface area contributed by atoms with E-state index < -0.39 is 0 Å². The fourth-order valence-corrected chi connectivity index (χ4v) is 2.58. The lowest BCUT2D eigenvalue weighted by atomic mass is 10.2. The van der Waals surface area contributed by atoms with E-state index in [0.717, 1.165) is 45.0 Å². The van der Waals surface area contributed by atoms with E-state index in [1.54, 1.807) is 0 Å². The fraction of sp³-hybridized carbons (Fsp3) is 0.125. The number of hydrogen-bond acceptors (Lipinski definition) is 3. The number of rotatable bonds is 2. The van der Waals surface area contributed by atoms with Gasteiger partial charge in [0.1, 0.15) is 17.2 Å². The zero-order chi connectivity index (χ0) is 14.4. The molecule has 0 fully saturated rings. The molecule has 21 heavy (non-hydrogen) atoms. The number of anilines is 1. The third-order valence-electron chi connectivity index (χ3n) is 3.73. The first-order chi connectivity index (χ1) is 10.2. The first kappa shape index (κ1) is 12.0. The Morgan fingerprint density at radius 1 is 0.952 bits per heavy atom. The number of aromatic nitrogens is 4. The van der Waals surface area contributed by atoms with Gasteiger partial charge < -0.3 is 15.7 Å². The van der Waals surface area contributed by atoms with Gasteiger partial charge in [0.05, 0.1) is 28.7 Å². The molecule has 2 aromatic heterocycles. The molecule has 0 saturated carbocycles. The van der Waals surface area contributed by atoms with Gasteiger partial charge in [0, 0.05) is 0 Å². The zero-order valence-electron chi connectivity index (χ0n) is 11.6. The highest BCUT2D eigenvalue weighted by atomic mass is 15.0. The van der Waals surface area contributed by atoms with Crippen molar-refractivity contribution >= 4 is 27.8 Å². The minimum atomic E-state index is 0.627. The number of nitrogens with zero attached hydrogens (tertiary/aromatic N) is 2. The number of imidazole rings is 2. The molecule has 0 aliphatic carbocycles. The Bertz CT molecular complexity index is 915. The number of benzene rings is 2. The summed E-state index contributed by atoms with van der Waals surface area (Å²) in [5.41, 5.74) is 11.7. The van der Waals surface area contributed by atoms with E-state index in [2.05, 4.69) is 19.9 Å². The van der Waals surface area contributed by atoms with Crippen molar-refractivity contribution < 1.29 is 0 Å². The van der Waals surface area contributed by atoms with E-state index in [1.165, 1.54) is 0 Å². The van der Waals surface area contributed by atoms with Crippen LogP contribution in [-0.4, -0.2) is 19.9 Å². The fourth-order valence-electron chi connectivity index (χ4n) is 2.58. The molecule has 0 atom stereocenters. The molecule has 104 valence electrons. The molecule has 0 aliphatic rings. The highest BCUT2D eigenvalue weighted by Gasteiger charge is 2.10. The van der Waals surface area contributed by atoms with Gasteiger partial charge in [0.25, 0.3) is 0 Å². The summed E-state index contributed by atoms with van der Waals surface area (Å²) in [6.07, 6.45) is 0.627. The van der Waals surface area contributed by atoms with Crippen molar-refractivity contribution in [3.05, 3.63) is 53.6 Å². The highest BCUT2D eigenvalue weighted by Crippen LogP contribution is 2.23. The molecule has 0 bridgehead atoms.